The Hall–Kier alpha value is -1.14. The van der Waals surface area contributed by atoms with Crippen LogP contribution in [0.3, 0.4) is 0 Å². The SMILES string of the molecule is CC(Sc1ncnc2ccsc12)C(=O)N(C)C1CCCCC1. The number of amides is 1. The van der Waals surface area contributed by atoms with E-state index < -0.39 is 0 Å². The highest BCUT2D eigenvalue weighted by Gasteiger charge is 2.26. The number of thiophene rings is 1. The first-order valence-corrected chi connectivity index (χ1v) is 9.54. The van der Waals surface area contributed by atoms with E-state index >= 15 is 0 Å². The first-order valence-electron chi connectivity index (χ1n) is 7.78. The number of thioether (sulfide) groups is 1. The number of fused-ring (bicyclic) bond motifs is 1. The van der Waals surface area contributed by atoms with Gasteiger partial charge in [0.05, 0.1) is 15.5 Å². The number of nitrogens with zero attached hydrogens (tertiary/aromatic N) is 3. The maximum Gasteiger partial charge on any atom is 0.235 e. The van der Waals surface area contributed by atoms with Gasteiger partial charge in [-0.25, -0.2) is 9.97 Å². The van der Waals surface area contributed by atoms with Crippen LogP contribution < -0.4 is 0 Å². The van der Waals surface area contributed by atoms with Crippen molar-refractivity contribution < 1.29 is 4.79 Å². The van der Waals surface area contributed by atoms with Gasteiger partial charge in [0.15, 0.2) is 0 Å². The lowest BCUT2D eigenvalue weighted by Crippen LogP contribution is -2.42. The number of carbonyl (C=O) groups is 1. The molecule has 1 saturated carbocycles. The van der Waals surface area contributed by atoms with Gasteiger partial charge in [-0.15, -0.1) is 11.3 Å². The first-order chi connectivity index (χ1) is 10.7. The minimum atomic E-state index is -0.118. The summed E-state index contributed by atoms with van der Waals surface area (Å²) in [7, 11) is 1.95. The zero-order valence-electron chi connectivity index (χ0n) is 13.0. The smallest absolute Gasteiger partial charge is 0.235 e. The largest absolute Gasteiger partial charge is 0.342 e. The van der Waals surface area contributed by atoms with Gasteiger partial charge in [0.1, 0.15) is 11.4 Å². The molecule has 6 heteroatoms. The third-order valence-electron chi connectivity index (χ3n) is 4.32. The Kier molecular flexibility index (Phi) is 4.98. The van der Waals surface area contributed by atoms with E-state index in [4.69, 9.17) is 0 Å². The van der Waals surface area contributed by atoms with E-state index in [1.54, 1.807) is 29.4 Å². The van der Waals surface area contributed by atoms with Gasteiger partial charge in [0.2, 0.25) is 5.91 Å². The third kappa shape index (κ3) is 3.27. The summed E-state index contributed by atoms with van der Waals surface area (Å²) >= 11 is 3.18. The molecule has 1 aliphatic carbocycles. The second-order valence-corrected chi connectivity index (χ2v) is 8.06. The van der Waals surface area contributed by atoms with Crippen molar-refractivity contribution in [1.82, 2.24) is 14.9 Å². The fraction of sp³-hybridized carbons (Fsp3) is 0.562. The fourth-order valence-corrected chi connectivity index (χ4v) is 4.94. The molecule has 22 heavy (non-hydrogen) atoms. The zero-order valence-corrected chi connectivity index (χ0v) is 14.6. The molecule has 3 rings (SSSR count). The van der Waals surface area contributed by atoms with Crippen LogP contribution in [0, 0.1) is 0 Å². The second-order valence-electron chi connectivity index (χ2n) is 5.81. The van der Waals surface area contributed by atoms with Crippen LogP contribution in [-0.2, 0) is 4.79 Å². The van der Waals surface area contributed by atoms with Crippen LogP contribution in [0.15, 0.2) is 22.8 Å². The van der Waals surface area contributed by atoms with Crippen molar-refractivity contribution >= 4 is 39.2 Å². The lowest BCUT2D eigenvalue weighted by atomic mass is 9.94. The molecule has 1 aliphatic rings. The monoisotopic (exact) mass is 335 g/mol. The van der Waals surface area contributed by atoms with Crippen molar-refractivity contribution in [2.45, 2.75) is 55.3 Å². The Morgan fingerprint density at radius 2 is 2.14 bits per heavy atom. The van der Waals surface area contributed by atoms with E-state index in [-0.39, 0.29) is 11.2 Å². The van der Waals surface area contributed by atoms with Crippen LogP contribution >= 0.6 is 23.1 Å². The predicted octanol–water partition coefficient (Wildman–Crippen LogP) is 3.96. The molecule has 1 fully saturated rings. The normalized spacial score (nSPS) is 17.5. The summed E-state index contributed by atoms with van der Waals surface area (Å²) in [6, 6.07) is 2.41. The van der Waals surface area contributed by atoms with Crippen LogP contribution in [0.4, 0.5) is 0 Å². The minimum Gasteiger partial charge on any atom is -0.342 e. The Balaban J connectivity index is 1.69. The number of carbonyl (C=O) groups excluding carboxylic acids is 1. The van der Waals surface area contributed by atoms with E-state index in [9.17, 15) is 4.79 Å². The summed E-state index contributed by atoms with van der Waals surface area (Å²) in [5.74, 6) is 0.209. The van der Waals surface area contributed by atoms with Crippen molar-refractivity contribution in [2.24, 2.45) is 0 Å². The van der Waals surface area contributed by atoms with Gasteiger partial charge < -0.3 is 4.90 Å². The number of aromatic nitrogens is 2. The molecule has 0 radical (unpaired) electrons. The molecule has 2 aromatic heterocycles. The molecule has 2 heterocycles. The van der Waals surface area contributed by atoms with Crippen LogP contribution in [0.2, 0.25) is 0 Å². The lowest BCUT2D eigenvalue weighted by Gasteiger charge is -2.32. The molecule has 118 valence electrons. The van der Waals surface area contributed by atoms with E-state index in [2.05, 4.69) is 9.97 Å². The van der Waals surface area contributed by atoms with Gasteiger partial charge >= 0.3 is 0 Å². The molecule has 0 aliphatic heterocycles. The maximum atomic E-state index is 12.7. The number of hydrogen-bond acceptors (Lipinski definition) is 5. The van der Waals surface area contributed by atoms with Crippen molar-refractivity contribution in [2.75, 3.05) is 7.05 Å². The summed E-state index contributed by atoms with van der Waals surface area (Å²) in [5.41, 5.74) is 0.961. The molecular weight excluding hydrogens is 314 g/mol. The molecule has 0 aromatic carbocycles. The summed E-state index contributed by atoms with van der Waals surface area (Å²) in [5, 5.41) is 2.81. The lowest BCUT2D eigenvalue weighted by molar-refractivity contribution is -0.131. The zero-order chi connectivity index (χ0) is 15.5. The highest BCUT2D eigenvalue weighted by atomic mass is 32.2. The van der Waals surface area contributed by atoms with Crippen molar-refractivity contribution in [3.63, 3.8) is 0 Å². The second kappa shape index (κ2) is 6.96. The molecule has 1 unspecified atom stereocenters. The van der Waals surface area contributed by atoms with Gasteiger partial charge in [-0.2, -0.15) is 0 Å². The van der Waals surface area contributed by atoms with Crippen LogP contribution in [0.1, 0.15) is 39.0 Å². The fourth-order valence-electron chi connectivity index (χ4n) is 3.00. The molecule has 0 saturated heterocycles. The average molecular weight is 335 g/mol. The highest BCUT2D eigenvalue weighted by molar-refractivity contribution is 8.00. The number of hydrogen-bond donors (Lipinski definition) is 0. The molecule has 2 aromatic rings. The first kappa shape index (κ1) is 15.7. The van der Waals surface area contributed by atoms with Gasteiger partial charge in [-0.3, -0.25) is 4.79 Å². The third-order valence-corrected chi connectivity index (χ3v) is 6.44. The van der Waals surface area contributed by atoms with Crippen molar-refractivity contribution in [1.29, 1.82) is 0 Å². The van der Waals surface area contributed by atoms with Crippen molar-refractivity contribution in [3.8, 4) is 0 Å². The summed E-state index contributed by atoms with van der Waals surface area (Å²) in [6.45, 7) is 1.98. The number of rotatable bonds is 4. The quantitative estimate of drug-likeness (QED) is 0.627. The average Bonchev–Trinajstić information content (AvgIpc) is 3.04. The Morgan fingerprint density at radius 3 is 2.91 bits per heavy atom. The predicted molar refractivity (Wildman–Crippen MR) is 92.4 cm³/mol. The molecule has 1 amide bonds. The summed E-state index contributed by atoms with van der Waals surface area (Å²) in [6.07, 6.45) is 7.65. The van der Waals surface area contributed by atoms with E-state index in [0.29, 0.717) is 6.04 Å². The molecule has 0 bridgehead atoms. The van der Waals surface area contributed by atoms with Gasteiger partial charge in [0.25, 0.3) is 0 Å². The van der Waals surface area contributed by atoms with E-state index in [1.807, 2.05) is 30.3 Å². The molecule has 0 spiro atoms. The Morgan fingerprint density at radius 1 is 1.36 bits per heavy atom. The van der Waals surface area contributed by atoms with Gasteiger partial charge in [-0.1, -0.05) is 31.0 Å². The molecule has 0 N–H and O–H groups in total. The van der Waals surface area contributed by atoms with Crippen LogP contribution in [0.5, 0.6) is 0 Å². The van der Waals surface area contributed by atoms with Crippen LogP contribution in [-0.4, -0.2) is 39.1 Å². The van der Waals surface area contributed by atoms with Crippen LogP contribution in [0.25, 0.3) is 10.2 Å². The summed E-state index contributed by atoms with van der Waals surface area (Å²) in [4.78, 5) is 23.3. The minimum absolute atomic E-state index is 0.118. The topological polar surface area (TPSA) is 46.1 Å². The summed E-state index contributed by atoms with van der Waals surface area (Å²) < 4.78 is 1.08. The van der Waals surface area contributed by atoms with Gasteiger partial charge in [0, 0.05) is 13.1 Å². The Bertz CT molecular complexity index is 652. The van der Waals surface area contributed by atoms with E-state index in [0.717, 1.165) is 28.1 Å². The molecular formula is C16H21N3OS2. The molecule has 4 nitrogen and oxygen atoms in total. The Labute approximate surface area is 139 Å². The van der Waals surface area contributed by atoms with Crippen molar-refractivity contribution in [3.05, 3.63) is 17.8 Å². The maximum absolute atomic E-state index is 12.7. The van der Waals surface area contributed by atoms with Gasteiger partial charge in [-0.05, 0) is 31.2 Å². The van der Waals surface area contributed by atoms with E-state index in [1.165, 1.54) is 19.3 Å². The standard InChI is InChI=1S/C16H21N3OS2/c1-11(16(20)19(2)12-6-4-3-5-7-12)22-15-14-13(8-9-21-14)17-10-18-15/h8-12H,3-7H2,1-2H3. The molecule has 1 atom stereocenters. The highest BCUT2D eigenvalue weighted by Crippen LogP contribution is 2.32.